The minimum atomic E-state index is -3.49. The zero-order valence-electron chi connectivity index (χ0n) is 12.0. The maximum Gasteiger partial charge on any atom is 0.225 e. The Bertz CT molecular complexity index is 773. The fraction of sp³-hybridized carbons (Fsp3) is 0.188. The number of amides is 1. The molecule has 0 bridgehead atoms. The molecule has 116 valence electrons. The van der Waals surface area contributed by atoms with Crippen LogP contribution < -0.4 is 5.32 Å². The van der Waals surface area contributed by atoms with Crippen LogP contribution in [0.2, 0.25) is 0 Å². The number of rotatable bonds is 5. The second-order valence-electron chi connectivity index (χ2n) is 4.89. The highest BCUT2D eigenvalue weighted by Crippen LogP contribution is 2.16. The lowest BCUT2D eigenvalue weighted by atomic mass is 10.2. The summed E-state index contributed by atoms with van der Waals surface area (Å²) in [6.45, 7) is 1.67. The summed E-state index contributed by atoms with van der Waals surface area (Å²) >= 11 is 0. The molecule has 0 aliphatic heterocycles. The zero-order chi connectivity index (χ0) is 16.2. The number of benzene rings is 2. The fourth-order valence-electron chi connectivity index (χ4n) is 1.95. The van der Waals surface area contributed by atoms with Crippen LogP contribution >= 0.6 is 0 Å². The number of carbonyl (C=O) groups is 1. The third kappa shape index (κ3) is 4.14. The largest absolute Gasteiger partial charge is 0.326 e. The van der Waals surface area contributed by atoms with Crippen LogP contribution in [0.15, 0.2) is 53.4 Å². The van der Waals surface area contributed by atoms with Gasteiger partial charge in [-0.3, -0.25) is 4.79 Å². The number of aryl methyl sites for hydroxylation is 1. The molecule has 0 fully saturated rings. The third-order valence-electron chi connectivity index (χ3n) is 3.16. The fourth-order valence-corrected chi connectivity index (χ4v) is 3.21. The SMILES string of the molecule is Cc1cc(F)ccc1NC(=O)CCS(=O)(=O)c1ccccc1. The predicted molar refractivity (Wildman–Crippen MR) is 82.9 cm³/mol. The molecule has 0 unspecified atom stereocenters. The Morgan fingerprint density at radius 2 is 1.82 bits per heavy atom. The molecule has 4 nitrogen and oxygen atoms in total. The molecule has 1 N–H and O–H groups in total. The lowest BCUT2D eigenvalue weighted by molar-refractivity contribution is -0.115. The average Bonchev–Trinajstić information content (AvgIpc) is 2.49. The van der Waals surface area contributed by atoms with Crippen LogP contribution in [0.4, 0.5) is 10.1 Å². The molecule has 1 amide bonds. The standard InChI is InChI=1S/C16H16FNO3S/c1-12-11-13(17)7-8-15(12)18-16(19)9-10-22(20,21)14-5-3-2-4-6-14/h2-8,11H,9-10H2,1H3,(H,18,19). The smallest absolute Gasteiger partial charge is 0.225 e. The second kappa shape index (κ2) is 6.70. The van der Waals surface area contributed by atoms with Gasteiger partial charge in [-0.25, -0.2) is 12.8 Å². The molecule has 0 saturated heterocycles. The number of nitrogens with one attached hydrogen (secondary N) is 1. The van der Waals surface area contributed by atoms with E-state index in [1.165, 1.54) is 30.3 Å². The van der Waals surface area contributed by atoms with Crippen LogP contribution in [0.1, 0.15) is 12.0 Å². The zero-order valence-corrected chi connectivity index (χ0v) is 12.9. The van der Waals surface area contributed by atoms with E-state index in [0.29, 0.717) is 11.3 Å². The first kappa shape index (κ1) is 16.2. The van der Waals surface area contributed by atoms with E-state index < -0.39 is 15.7 Å². The highest BCUT2D eigenvalue weighted by atomic mass is 32.2. The van der Waals surface area contributed by atoms with Gasteiger partial charge < -0.3 is 5.32 Å². The maximum atomic E-state index is 13.0. The predicted octanol–water partition coefficient (Wildman–Crippen LogP) is 2.94. The lowest BCUT2D eigenvalue weighted by Gasteiger charge is -2.09. The van der Waals surface area contributed by atoms with Gasteiger partial charge in [0.05, 0.1) is 10.6 Å². The molecule has 22 heavy (non-hydrogen) atoms. The average molecular weight is 321 g/mol. The van der Waals surface area contributed by atoms with E-state index in [9.17, 15) is 17.6 Å². The van der Waals surface area contributed by atoms with Crippen molar-refractivity contribution in [3.05, 3.63) is 59.9 Å². The Hall–Kier alpha value is -2.21. The molecule has 0 heterocycles. The molecule has 0 aliphatic rings. The molecule has 0 radical (unpaired) electrons. The summed E-state index contributed by atoms with van der Waals surface area (Å²) in [5, 5.41) is 2.59. The van der Waals surface area contributed by atoms with E-state index in [0.717, 1.165) is 0 Å². The van der Waals surface area contributed by atoms with Crippen molar-refractivity contribution in [2.24, 2.45) is 0 Å². The minimum Gasteiger partial charge on any atom is -0.326 e. The minimum absolute atomic E-state index is 0.159. The quantitative estimate of drug-likeness (QED) is 0.921. The summed E-state index contributed by atoms with van der Waals surface area (Å²) in [5.41, 5.74) is 1.06. The molecular weight excluding hydrogens is 305 g/mol. The van der Waals surface area contributed by atoms with Crippen LogP contribution in [-0.4, -0.2) is 20.1 Å². The Morgan fingerprint density at radius 1 is 1.14 bits per heavy atom. The van der Waals surface area contributed by atoms with E-state index >= 15 is 0 Å². The maximum absolute atomic E-state index is 13.0. The molecule has 0 aromatic heterocycles. The summed E-state index contributed by atoms with van der Waals surface area (Å²) in [7, 11) is -3.49. The third-order valence-corrected chi connectivity index (χ3v) is 4.89. The molecule has 6 heteroatoms. The molecule has 0 saturated carbocycles. The van der Waals surface area contributed by atoms with Gasteiger partial charge in [-0.2, -0.15) is 0 Å². The van der Waals surface area contributed by atoms with Gasteiger partial charge in [0.2, 0.25) is 5.91 Å². The van der Waals surface area contributed by atoms with E-state index in [1.807, 2.05) is 0 Å². The van der Waals surface area contributed by atoms with E-state index in [4.69, 9.17) is 0 Å². The van der Waals surface area contributed by atoms with Gasteiger partial charge in [0.25, 0.3) is 0 Å². The topological polar surface area (TPSA) is 63.2 Å². The molecular formula is C16H16FNO3S. The first-order chi connectivity index (χ1) is 10.4. The molecule has 0 aliphatic carbocycles. The van der Waals surface area contributed by atoms with Crippen molar-refractivity contribution in [1.29, 1.82) is 0 Å². The number of halogens is 1. The van der Waals surface area contributed by atoms with Crippen LogP contribution in [0, 0.1) is 12.7 Å². The summed E-state index contributed by atoms with van der Waals surface area (Å²) in [6.07, 6.45) is -0.159. The lowest BCUT2D eigenvalue weighted by Crippen LogP contribution is -2.18. The second-order valence-corrected chi connectivity index (χ2v) is 7.00. The van der Waals surface area contributed by atoms with Gasteiger partial charge >= 0.3 is 0 Å². The number of hydrogen-bond acceptors (Lipinski definition) is 3. The van der Waals surface area contributed by atoms with Gasteiger partial charge in [-0.05, 0) is 42.8 Å². The van der Waals surface area contributed by atoms with Gasteiger partial charge in [0.1, 0.15) is 5.82 Å². The van der Waals surface area contributed by atoms with Gasteiger partial charge in [-0.15, -0.1) is 0 Å². The van der Waals surface area contributed by atoms with Crippen molar-refractivity contribution in [2.45, 2.75) is 18.2 Å². The van der Waals surface area contributed by atoms with Gasteiger partial charge in [-0.1, -0.05) is 18.2 Å². The van der Waals surface area contributed by atoms with Crippen LogP contribution in [0.5, 0.6) is 0 Å². The number of carbonyl (C=O) groups excluding carboxylic acids is 1. The first-order valence-corrected chi connectivity index (χ1v) is 8.37. The number of sulfone groups is 1. The Kier molecular flexibility index (Phi) is 4.92. The van der Waals surface area contributed by atoms with Crippen molar-refractivity contribution in [2.75, 3.05) is 11.1 Å². The van der Waals surface area contributed by atoms with Crippen molar-refractivity contribution in [3.8, 4) is 0 Å². The van der Waals surface area contributed by atoms with Crippen molar-refractivity contribution in [3.63, 3.8) is 0 Å². The first-order valence-electron chi connectivity index (χ1n) is 6.72. The highest BCUT2D eigenvalue weighted by Gasteiger charge is 2.16. The Morgan fingerprint density at radius 3 is 2.45 bits per heavy atom. The normalized spacial score (nSPS) is 11.2. The molecule has 0 spiro atoms. The number of hydrogen-bond donors (Lipinski definition) is 1. The van der Waals surface area contributed by atoms with E-state index in [-0.39, 0.29) is 22.9 Å². The molecule has 2 aromatic carbocycles. The van der Waals surface area contributed by atoms with E-state index in [2.05, 4.69) is 5.32 Å². The Labute approximate surface area is 128 Å². The Balaban J connectivity index is 1.98. The number of anilines is 1. The summed E-state index contributed by atoms with van der Waals surface area (Å²) < 4.78 is 37.1. The molecule has 0 atom stereocenters. The van der Waals surface area contributed by atoms with Crippen LogP contribution in [0.3, 0.4) is 0 Å². The highest BCUT2D eigenvalue weighted by molar-refractivity contribution is 7.91. The summed E-state index contributed by atoms with van der Waals surface area (Å²) in [4.78, 5) is 12.1. The van der Waals surface area contributed by atoms with Gasteiger partial charge in [0, 0.05) is 12.1 Å². The van der Waals surface area contributed by atoms with Crippen LogP contribution in [-0.2, 0) is 14.6 Å². The summed E-state index contributed by atoms with van der Waals surface area (Å²) in [6, 6.07) is 12.0. The van der Waals surface area contributed by atoms with Gasteiger partial charge in [0.15, 0.2) is 9.84 Å². The molecule has 2 aromatic rings. The van der Waals surface area contributed by atoms with Crippen LogP contribution in [0.25, 0.3) is 0 Å². The monoisotopic (exact) mass is 321 g/mol. The summed E-state index contributed by atoms with van der Waals surface area (Å²) in [5.74, 6) is -1.08. The van der Waals surface area contributed by atoms with Crippen molar-refractivity contribution < 1.29 is 17.6 Å². The molecule has 2 rings (SSSR count). The van der Waals surface area contributed by atoms with Crippen molar-refractivity contribution in [1.82, 2.24) is 0 Å². The van der Waals surface area contributed by atoms with Crippen molar-refractivity contribution >= 4 is 21.4 Å². The van der Waals surface area contributed by atoms with E-state index in [1.54, 1.807) is 25.1 Å².